The molecule has 0 spiro atoms. The topological polar surface area (TPSA) is 44.8 Å². The van der Waals surface area contributed by atoms with Crippen LogP contribution < -0.4 is 5.32 Å². The maximum atomic E-state index is 12.8. The van der Waals surface area contributed by atoms with Crippen molar-refractivity contribution in [2.45, 2.75) is 25.8 Å². The first-order chi connectivity index (χ1) is 12.0. The lowest BCUT2D eigenvalue weighted by Crippen LogP contribution is -2.42. The number of rotatable bonds is 8. The molecule has 1 aliphatic heterocycles. The molecule has 1 saturated heterocycles. The maximum Gasteiger partial charge on any atom is 0.241 e. The summed E-state index contributed by atoms with van der Waals surface area (Å²) < 4.78 is 5.15. The number of benzene rings is 1. The first-order valence-corrected chi connectivity index (χ1v) is 9.24. The van der Waals surface area contributed by atoms with Crippen LogP contribution in [0.1, 0.15) is 30.0 Å². The second-order valence-corrected chi connectivity index (χ2v) is 7.25. The Bertz CT molecular complexity index is 539. The van der Waals surface area contributed by atoms with Crippen molar-refractivity contribution in [3.63, 3.8) is 0 Å². The lowest BCUT2D eigenvalue weighted by molar-refractivity contribution is -0.126. The number of hydrogen-bond acceptors (Lipinski definition) is 4. The molecule has 1 aromatic rings. The average Bonchev–Trinajstić information content (AvgIpc) is 2.60. The summed E-state index contributed by atoms with van der Waals surface area (Å²) in [6.07, 6.45) is 2.28. The Labute approximate surface area is 152 Å². The Balaban J connectivity index is 1.85. The first-order valence-electron chi connectivity index (χ1n) is 9.24. The molecule has 0 saturated carbocycles. The molecular weight excluding hydrogens is 314 g/mol. The third kappa shape index (κ3) is 5.80. The number of likely N-dealkylation sites (tertiary alicyclic amines) is 1. The molecule has 1 heterocycles. The van der Waals surface area contributed by atoms with E-state index in [2.05, 4.69) is 23.2 Å². The summed E-state index contributed by atoms with van der Waals surface area (Å²) in [5.74, 6) is 0.670. The van der Waals surface area contributed by atoms with Crippen LogP contribution in [0.25, 0.3) is 0 Å². The van der Waals surface area contributed by atoms with E-state index in [1.807, 2.05) is 37.2 Å². The number of carbonyl (C=O) groups excluding carboxylic acids is 1. The zero-order valence-electron chi connectivity index (χ0n) is 16.1. The van der Waals surface area contributed by atoms with E-state index < -0.39 is 0 Å². The van der Waals surface area contributed by atoms with Crippen molar-refractivity contribution < 1.29 is 9.53 Å². The molecule has 140 valence electrons. The van der Waals surface area contributed by atoms with Crippen molar-refractivity contribution in [3.05, 3.63) is 35.4 Å². The molecule has 5 nitrogen and oxygen atoms in total. The van der Waals surface area contributed by atoms with Gasteiger partial charge in [0.25, 0.3) is 0 Å². The van der Waals surface area contributed by atoms with Gasteiger partial charge in [0.2, 0.25) is 5.91 Å². The van der Waals surface area contributed by atoms with Gasteiger partial charge in [-0.1, -0.05) is 24.3 Å². The van der Waals surface area contributed by atoms with Crippen LogP contribution in [0.5, 0.6) is 0 Å². The van der Waals surface area contributed by atoms with E-state index in [4.69, 9.17) is 4.74 Å². The summed E-state index contributed by atoms with van der Waals surface area (Å²) in [7, 11) is 5.67. The van der Waals surface area contributed by atoms with E-state index in [1.54, 1.807) is 7.11 Å². The molecule has 1 aliphatic rings. The quantitative estimate of drug-likeness (QED) is 0.782. The fraction of sp³-hybridized carbons (Fsp3) is 0.650. The zero-order chi connectivity index (χ0) is 18.2. The number of piperidine rings is 1. The van der Waals surface area contributed by atoms with Crippen LogP contribution in [0.3, 0.4) is 0 Å². The van der Waals surface area contributed by atoms with Gasteiger partial charge in [-0.15, -0.1) is 0 Å². The number of ether oxygens (including phenoxy) is 1. The van der Waals surface area contributed by atoms with E-state index in [0.717, 1.165) is 56.8 Å². The lowest BCUT2D eigenvalue weighted by atomic mass is 9.96. The van der Waals surface area contributed by atoms with E-state index >= 15 is 0 Å². The van der Waals surface area contributed by atoms with Crippen molar-refractivity contribution in [3.8, 4) is 0 Å². The van der Waals surface area contributed by atoms with Crippen molar-refractivity contribution in [1.29, 1.82) is 0 Å². The first kappa shape index (κ1) is 19.9. The number of likely N-dealkylation sites (N-methyl/N-ethyl adjacent to an activating group) is 1. The van der Waals surface area contributed by atoms with E-state index in [0.29, 0.717) is 5.92 Å². The number of carbonyl (C=O) groups is 1. The molecule has 0 aromatic heterocycles. The summed E-state index contributed by atoms with van der Waals surface area (Å²) in [6.45, 7) is 6.83. The predicted octanol–water partition coefficient (Wildman–Crippen LogP) is 2.07. The van der Waals surface area contributed by atoms with E-state index in [9.17, 15) is 4.79 Å². The van der Waals surface area contributed by atoms with Crippen LogP contribution in [-0.2, 0) is 9.53 Å². The van der Waals surface area contributed by atoms with Crippen molar-refractivity contribution in [2.24, 2.45) is 5.92 Å². The minimum Gasteiger partial charge on any atom is -0.383 e. The van der Waals surface area contributed by atoms with Crippen molar-refractivity contribution >= 4 is 5.91 Å². The summed E-state index contributed by atoms with van der Waals surface area (Å²) in [5.41, 5.74) is 2.24. The van der Waals surface area contributed by atoms with Gasteiger partial charge in [0.05, 0.1) is 6.61 Å². The fourth-order valence-electron chi connectivity index (χ4n) is 3.52. The smallest absolute Gasteiger partial charge is 0.241 e. The Morgan fingerprint density at radius 1 is 1.32 bits per heavy atom. The largest absolute Gasteiger partial charge is 0.383 e. The number of hydrogen-bond donors (Lipinski definition) is 1. The highest BCUT2D eigenvalue weighted by Crippen LogP contribution is 2.22. The highest BCUT2D eigenvalue weighted by atomic mass is 16.5. The minimum absolute atomic E-state index is 0.0983. The average molecular weight is 348 g/mol. The molecule has 5 heteroatoms. The van der Waals surface area contributed by atoms with Crippen LogP contribution in [-0.4, -0.2) is 69.7 Å². The molecule has 1 amide bonds. The number of methoxy groups -OCH3 is 1. The summed E-state index contributed by atoms with van der Waals surface area (Å²) in [4.78, 5) is 17.2. The molecule has 1 aromatic carbocycles. The van der Waals surface area contributed by atoms with E-state index in [-0.39, 0.29) is 11.9 Å². The van der Waals surface area contributed by atoms with Gasteiger partial charge in [0, 0.05) is 20.2 Å². The van der Waals surface area contributed by atoms with Gasteiger partial charge < -0.3 is 15.0 Å². The highest BCUT2D eigenvalue weighted by molar-refractivity contribution is 5.83. The molecule has 0 aliphatic carbocycles. The monoisotopic (exact) mass is 347 g/mol. The van der Waals surface area contributed by atoms with Crippen LogP contribution in [0.15, 0.2) is 24.3 Å². The summed E-state index contributed by atoms with van der Waals surface area (Å²) in [5, 5.41) is 3.19. The van der Waals surface area contributed by atoms with Crippen LogP contribution in [0.2, 0.25) is 0 Å². The molecule has 1 fully saturated rings. The molecule has 0 bridgehead atoms. The highest BCUT2D eigenvalue weighted by Gasteiger charge is 2.25. The van der Waals surface area contributed by atoms with Gasteiger partial charge in [-0.05, 0) is 64.0 Å². The molecule has 1 atom stereocenters. The normalized spacial score (nSPS) is 17.6. The Hall–Kier alpha value is -1.43. The molecule has 0 radical (unpaired) electrons. The number of amides is 1. The van der Waals surface area contributed by atoms with Gasteiger partial charge in [-0.3, -0.25) is 9.69 Å². The third-order valence-corrected chi connectivity index (χ3v) is 5.13. The number of nitrogens with zero attached hydrogens (tertiary/aromatic N) is 2. The molecular formula is C20H33N3O2. The second-order valence-electron chi connectivity index (χ2n) is 7.25. The molecule has 0 unspecified atom stereocenters. The zero-order valence-corrected chi connectivity index (χ0v) is 16.1. The van der Waals surface area contributed by atoms with Gasteiger partial charge in [0.15, 0.2) is 0 Å². The Kier molecular flexibility index (Phi) is 7.88. The Morgan fingerprint density at radius 3 is 2.60 bits per heavy atom. The maximum absolute atomic E-state index is 12.8. The van der Waals surface area contributed by atoms with Crippen molar-refractivity contribution in [2.75, 3.05) is 54.0 Å². The number of aryl methyl sites for hydroxylation is 1. The van der Waals surface area contributed by atoms with Gasteiger partial charge in [-0.25, -0.2) is 0 Å². The third-order valence-electron chi connectivity index (χ3n) is 5.13. The van der Waals surface area contributed by atoms with Gasteiger partial charge >= 0.3 is 0 Å². The molecule has 25 heavy (non-hydrogen) atoms. The molecule has 1 N–H and O–H groups in total. The fourth-order valence-corrected chi connectivity index (χ4v) is 3.52. The minimum atomic E-state index is -0.233. The standard InChI is InChI=1S/C20H33N3O2/c1-16-7-5-6-8-18(16)19(22(2)3)20(24)21-15-17-9-11-23(12-10-17)13-14-25-4/h5-8,17,19H,9-15H2,1-4H3,(H,21,24)/t19-/m0/s1. The SMILES string of the molecule is COCCN1CCC(CNC(=O)[C@H](c2ccccc2C)N(C)C)CC1. The summed E-state index contributed by atoms with van der Waals surface area (Å²) >= 11 is 0. The second kappa shape index (κ2) is 9.90. The predicted molar refractivity (Wildman–Crippen MR) is 102 cm³/mol. The summed E-state index contributed by atoms with van der Waals surface area (Å²) in [6, 6.07) is 7.90. The van der Waals surface area contributed by atoms with Crippen LogP contribution in [0, 0.1) is 12.8 Å². The van der Waals surface area contributed by atoms with Crippen molar-refractivity contribution in [1.82, 2.24) is 15.1 Å². The van der Waals surface area contributed by atoms with E-state index in [1.165, 1.54) is 0 Å². The van der Waals surface area contributed by atoms with Crippen LogP contribution >= 0.6 is 0 Å². The Morgan fingerprint density at radius 2 is 2.00 bits per heavy atom. The van der Waals surface area contributed by atoms with Gasteiger partial charge in [0.1, 0.15) is 6.04 Å². The van der Waals surface area contributed by atoms with Gasteiger partial charge in [-0.2, -0.15) is 0 Å². The molecule has 2 rings (SSSR count). The van der Waals surface area contributed by atoms with Crippen LogP contribution in [0.4, 0.5) is 0 Å². The lowest BCUT2D eigenvalue weighted by Gasteiger charge is -2.32. The number of nitrogens with one attached hydrogen (secondary N) is 1.